The van der Waals surface area contributed by atoms with Crippen LogP contribution in [0.4, 0.5) is 5.82 Å². The summed E-state index contributed by atoms with van der Waals surface area (Å²) in [5.41, 5.74) is 0.935. The Hall–Kier alpha value is -3.14. The topological polar surface area (TPSA) is 47.0 Å². The van der Waals surface area contributed by atoms with Crippen LogP contribution in [0.5, 0.6) is 5.75 Å². The van der Waals surface area contributed by atoms with Gasteiger partial charge in [0.1, 0.15) is 24.5 Å². The molecule has 0 fully saturated rings. The highest BCUT2D eigenvalue weighted by Crippen LogP contribution is 2.25. The van der Waals surface area contributed by atoms with Crippen molar-refractivity contribution in [3.63, 3.8) is 0 Å². The maximum Gasteiger partial charge on any atom is 0.137 e. The quantitative estimate of drug-likeness (QED) is 0.559. The number of hydrogen-bond acceptors (Lipinski definition) is 4. The molecule has 0 amide bonds. The lowest BCUT2D eigenvalue weighted by atomic mass is 10.1. The first-order chi connectivity index (χ1) is 11.9. The van der Waals surface area contributed by atoms with E-state index in [-0.39, 0.29) is 0 Å². The predicted molar refractivity (Wildman–Crippen MR) is 97.5 cm³/mol. The van der Waals surface area contributed by atoms with Crippen LogP contribution in [0.15, 0.2) is 73.1 Å². The standard InChI is InChI=1S/C20H17N3O/c1-2-8-16-15(6-1)7-5-11-19(16)24-13-12-21-20-17-9-3-4-10-18(17)22-14-23-20/h1-11,14H,12-13H2,(H,21,22,23). The van der Waals surface area contributed by atoms with Gasteiger partial charge in [-0.25, -0.2) is 9.97 Å². The monoisotopic (exact) mass is 315 g/mol. The second-order valence-electron chi connectivity index (χ2n) is 5.49. The van der Waals surface area contributed by atoms with Gasteiger partial charge in [-0.1, -0.05) is 48.5 Å². The zero-order valence-electron chi connectivity index (χ0n) is 13.1. The van der Waals surface area contributed by atoms with Gasteiger partial charge in [-0.05, 0) is 23.6 Å². The van der Waals surface area contributed by atoms with E-state index in [1.807, 2.05) is 48.5 Å². The Bertz CT molecular complexity index is 893. The average molecular weight is 315 g/mol. The molecule has 1 heterocycles. The van der Waals surface area contributed by atoms with E-state index in [4.69, 9.17) is 4.74 Å². The van der Waals surface area contributed by atoms with Crippen LogP contribution in [0.3, 0.4) is 0 Å². The number of nitrogens with zero attached hydrogens (tertiary/aromatic N) is 2. The van der Waals surface area contributed by atoms with Gasteiger partial charge in [0.25, 0.3) is 0 Å². The van der Waals surface area contributed by atoms with Gasteiger partial charge in [0.2, 0.25) is 0 Å². The number of nitrogens with one attached hydrogen (secondary N) is 1. The number of hydrogen-bond donors (Lipinski definition) is 1. The van der Waals surface area contributed by atoms with Crippen molar-refractivity contribution in [2.75, 3.05) is 18.5 Å². The molecule has 0 aliphatic carbocycles. The first-order valence-corrected chi connectivity index (χ1v) is 7.96. The molecule has 0 aliphatic rings. The average Bonchev–Trinajstić information content (AvgIpc) is 2.65. The van der Waals surface area contributed by atoms with E-state index >= 15 is 0 Å². The fraction of sp³-hybridized carbons (Fsp3) is 0.100. The number of rotatable bonds is 5. The Labute approximate surface area is 140 Å². The summed E-state index contributed by atoms with van der Waals surface area (Å²) in [5, 5.41) is 6.67. The molecule has 0 unspecified atom stereocenters. The lowest BCUT2D eigenvalue weighted by molar-refractivity contribution is 0.337. The minimum absolute atomic E-state index is 0.562. The van der Waals surface area contributed by atoms with E-state index in [1.165, 1.54) is 5.39 Å². The first kappa shape index (κ1) is 14.5. The molecule has 0 bridgehead atoms. The van der Waals surface area contributed by atoms with Gasteiger partial charge < -0.3 is 10.1 Å². The first-order valence-electron chi connectivity index (χ1n) is 7.96. The second-order valence-corrected chi connectivity index (χ2v) is 5.49. The van der Waals surface area contributed by atoms with E-state index in [9.17, 15) is 0 Å². The molecule has 0 radical (unpaired) electrons. The Balaban J connectivity index is 1.44. The predicted octanol–water partition coefficient (Wildman–Crippen LogP) is 4.27. The number of ether oxygens (including phenoxy) is 1. The van der Waals surface area contributed by atoms with Crippen molar-refractivity contribution in [2.24, 2.45) is 0 Å². The molecule has 4 nitrogen and oxygen atoms in total. The van der Waals surface area contributed by atoms with Crippen LogP contribution in [0.1, 0.15) is 0 Å². The van der Waals surface area contributed by atoms with Crippen molar-refractivity contribution < 1.29 is 4.74 Å². The maximum absolute atomic E-state index is 5.95. The zero-order chi connectivity index (χ0) is 16.2. The molecule has 4 aromatic rings. The number of benzene rings is 3. The molecule has 0 aliphatic heterocycles. The van der Waals surface area contributed by atoms with Gasteiger partial charge in [0.15, 0.2) is 0 Å². The highest BCUT2D eigenvalue weighted by molar-refractivity contribution is 5.89. The lowest BCUT2D eigenvalue weighted by Gasteiger charge is -2.11. The van der Waals surface area contributed by atoms with E-state index in [0.29, 0.717) is 13.2 Å². The molecule has 118 valence electrons. The molecule has 1 aromatic heterocycles. The summed E-state index contributed by atoms with van der Waals surface area (Å²) < 4.78 is 5.95. The fourth-order valence-corrected chi connectivity index (χ4v) is 2.80. The van der Waals surface area contributed by atoms with Gasteiger partial charge in [0, 0.05) is 10.8 Å². The summed E-state index contributed by atoms with van der Waals surface area (Å²) in [4.78, 5) is 8.59. The molecule has 4 rings (SSSR count). The third-order valence-electron chi connectivity index (χ3n) is 3.94. The van der Waals surface area contributed by atoms with Crippen molar-refractivity contribution in [3.8, 4) is 5.75 Å². The number of anilines is 1. The van der Waals surface area contributed by atoms with Crippen LogP contribution < -0.4 is 10.1 Å². The smallest absolute Gasteiger partial charge is 0.137 e. The molecule has 24 heavy (non-hydrogen) atoms. The molecule has 4 heteroatoms. The Kier molecular flexibility index (Phi) is 3.94. The number of para-hydroxylation sites is 1. The van der Waals surface area contributed by atoms with E-state index in [2.05, 4.69) is 33.5 Å². The van der Waals surface area contributed by atoms with Crippen LogP contribution >= 0.6 is 0 Å². The molecular formula is C20H17N3O. The van der Waals surface area contributed by atoms with Gasteiger partial charge >= 0.3 is 0 Å². The van der Waals surface area contributed by atoms with E-state index in [1.54, 1.807) is 6.33 Å². The fourth-order valence-electron chi connectivity index (χ4n) is 2.80. The number of fused-ring (bicyclic) bond motifs is 2. The van der Waals surface area contributed by atoms with Crippen molar-refractivity contribution >= 4 is 27.5 Å². The number of aromatic nitrogens is 2. The summed E-state index contributed by atoms with van der Waals surface area (Å²) in [6.07, 6.45) is 1.58. The summed E-state index contributed by atoms with van der Waals surface area (Å²) in [5.74, 6) is 1.74. The van der Waals surface area contributed by atoms with Crippen LogP contribution in [0.25, 0.3) is 21.7 Å². The normalized spacial score (nSPS) is 10.8. The van der Waals surface area contributed by atoms with Crippen LogP contribution in [0.2, 0.25) is 0 Å². The summed E-state index contributed by atoms with van der Waals surface area (Å²) >= 11 is 0. The Morgan fingerprint density at radius 1 is 0.792 bits per heavy atom. The molecule has 0 spiro atoms. The highest BCUT2D eigenvalue weighted by Gasteiger charge is 2.03. The third kappa shape index (κ3) is 2.86. The summed E-state index contributed by atoms with van der Waals surface area (Å²) in [6, 6.07) is 22.3. The lowest BCUT2D eigenvalue weighted by Crippen LogP contribution is -2.12. The maximum atomic E-state index is 5.95. The van der Waals surface area contributed by atoms with Crippen molar-refractivity contribution in [1.82, 2.24) is 9.97 Å². The summed E-state index contributed by atoms with van der Waals surface area (Å²) in [6.45, 7) is 1.23. The Morgan fingerprint density at radius 3 is 2.54 bits per heavy atom. The van der Waals surface area contributed by atoms with Crippen LogP contribution in [-0.2, 0) is 0 Å². The molecule has 0 atom stereocenters. The van der Waals surface area contributed by atoms with Gasteiger partial charge in [-0.15, -0.1) is 0 Å². The van der Waals surface area contributed by atoms with Crippen molar-refractivity contribution in [3.05, 3.63) is 73.1 Å². The van der Waals surface area contributed by atoms with Gasteiger partial charge in [-0.3, -0.25) is 0 Å². The van der Waals surface area contributed by atoms with Crippen LogP contribution in [-0.4, -0.2) is 23.1 Å². The summed E-state index contributed by atoms with van der Waals surface area (Å²) in [7, 11) is 0. The SMILES string of the molecule is c1ccc2c(OCCNc3ncnc4ccccc34)cccc2c1. The Morgan fingerprint density at radius 2 is 1.58 bits per heavy atom. The second kappa shape index (κ2) is 6.54. The molecule has 3 aromatic carbocycles. The minimum atomic E-state index is 0.562. The molecule has 0 saturated carbocycles. The highest BCUT2D eigenvalue weighted by atomic mass is 16.5. The molecule has 0 saturated heterocycles. The van der Waals surface area contributed by atoms with E-state index < -0.39 is 0 Å². The van der Waals surface area contributed by atoms with Gasteiger partial charge in [-0.2, -0.15) is 0 Å². The van der Waals surface area contributed by atoms with Crippen molar-refractivity contribution in [1.29, 1.82) is 0 Å². The molecular weight excluding hydrogens is 298 g/mol. The van der Waals surface area contributed by atoms with Crippen LogP contribution in [0, 0.1) is 0 Å². The van der Waals surface area contributed by atoms with E-state index in [0.717, 1.165) is 27.9 Å². The zero-order valence-corrected chi connectivity index (χ0v) is 13.1. The largest absolute Gasteiger partial charge is 0.491 e. The van der Waals surface area contributed by atoms with Crippen molar-refractivity contribution in [2.45, 2.75) is 0 Å². The third-order valence-corrected chi connectivity index (χ3v) is 3.94. The minimum Gasteiger partial charge on any atom is -0.491 e. The molecule has 1 N–H and O–H groups in total. The van der Waals surface area contributed by atoms with Gasteiger partial charge in [0.05, 0.1) is 12.1 Å².